The summed E-state index contributed by atoms with van der Waals surface area (Å²) in [4.78, 5) is 13.1. The molecule has 4 aromatic rings. The maximum Gasteiger partial charge on any atom is 0.276 e. The smallest absolute Gasteiger partial charge is 0.276 e. The highest BCUT2D eigenvalue weighted by Gasteiger charge is 2.17. The predicted molar refractivity (Wildman–Crippen MR) is 123 cm³/mol. The van der Waals surface area contributed by atoms with E-state index in [1.54, 1.807) is 48.3 Å². The van der Waals surface area contributed by atoms with Crippen LogP contribution < -0.4 is 15.0 Å². The first kappa shape index (κ1) is 21.6. The van der Waals surface area contributed by atoms with E-state index in [0.29, 0.717) is 28.5 Å². The molecule has 0 radical (unpaired) electrons. The molecule has 1 atom stereocenters. The fourth-order valence-corrected chi connectivity index (χ4v) is 3.73. The fourth-order valence-electron chi connectivity index (χ4n) is 3.73. The summed E-state index contributed by atoms with van der Waals surface area (Å²) in [5.41, 5.74) is 3.70. The molecule has 166 valence electrons. The average molecular weight is 434 g/mol. The van der Waals surface area contributed by atoms with E-state index >= 15 is 0 Å². The second-order valence-corrected chi connectivity index (χ2v) is 8.02. The summed E-state index contributed by atoms with van der Waals surface area (Å²) < 4.78 is 13.7. The Kier molecular flexibility index (Phi) is 6.01. The molecule has 7 nitrogen and oxygen atoms in total. The van der Waals surface area contributed by atoms with Crippen LogP contribution in [0.3, 0.4) is 0 Å². The Labute approximate surface area is 186 Å². The molecule has 0 saturated heterocycles. The van der Waals surface area contributed by atoms with Crippen molar-refractivity contribution in [2.75, 3.05) is 14.2 Å². The van der Waals surface area contributed by atoms with Gasteiger partial charge in [0, 0.05) is 23.5 Å². The molecular weight excluding hydrogens is 406 g/mol. The number of ether oxygens (including phenoxy) is 2. The van der Waals surface area contributed by atoms with Crippen LogP contribution in [0.2, 0.25) is 0 Å². The summed E-state index contributed by atoms with van der Waals surface area (Å²) >= 11 is 0. The molecule has 0 saturated carbocycles. The average Bonchev–Trinajstić information content (AvgIpc) is 3.25. The van der Waals surface area contributed by atoms with E-state index in [1.807, 2.05) is 12.1 Å². The number of hydrogen-bond acceptors (Lipinski definition) is 5. The van der Waals surface area contributed by atoms with Crippen LogP contribution in [0.25, 0.3) is 16.8 Å². The second-order valence-electron chi connectivity index (χ2n) is 8.02. The minimum Gasteiger partial charge on any atom is -0.497 e. The number of rotatable bonds is 7. The maximum absolute atomic E-state index is 13.1. The maximum atomic E-state index is 13.1. The third-order valence-corrected chi connectivity index (χ3v) is 5.64. The summed E-state index contributed by atoms with van der Waals surface area (Å²) in [5.74, 6) is 1.59. The van der Waals surface area contributed by atoms with Crippen LogP contribution in [0.1, 0.15) is 37.0 Å². The summed E-state index contributed by atoms with van der Waals surface area (Å²) in [5, 5.41) is 15.4. The van der Waals surface area contributed by atoms with Crippen LogP contribution in [0, 0.1) is 0 Å². The van der Waals surface area contributed by atoms with Gasteiger partial charge in [-0.25, -0.2) is 4.52 Å². The molecule has 0 aliphatic rings. The van der Waals surface area contributed by atoms with Crippen molar-refractivity contribution < 1.29 is 14.6 Å². The first-order chi connectivity index (χ1) is 15.4. The van der Waals surface area contributed by atoms with E-state index in [4.69, 9.17) is 9.47 Å². The molecule has 2 aromatic carbocycles. The van der Waals surface area contributed by atoms with E-state index in [9.17, 15) is 9.90 Å². The minimum atomic E-state index is -0.953. The van der Waals surface area contributed by atoms with Gasteiger partial charge >= 0.3 is 0 Å². The van der Waals surface area contributed by atoms with Crippen molar-refractivity contribution in [1.82, 2.24) is 14.2 Å². The zero-order valence-corrected chi connectivity index (χ0v) is 18.6. The van der Waals surface area contributed by atoms with Crippen molar-refractivity contribution in [2.24, 2.45) is 0 Å². The summed E-state index contributed by atoms with van der Waals surface area (Å²) in [6.07, 6.45) is 2.40. The van der Waals surface area contributed by atoms with Crippen molar-refractivity contribution in [1.29, 1.82) is 0 Å². The Morgan fingerprint density at radius 2 is 1.75 bits per heavy atom. The van der Waals surface area contributed by atoms with Crippen LogP contribution in [0.5, 0.6) is 11.5 Å². The van der Waals surface area contributed by atoms with Gasteiger partial charge in [0.25, 0.3) is 5.56 Å². The van der Waals surface area contributed by atoms with Crippen molar-refractivity contribution in [2.45, 2.75) is 32.4 Å². The van der Waals surface area contributed by atoms with Crippen molar-refractivity contribution in [3.05, 3.63) is 82.4 Å². The highest BCUT2D eigenvalue weighted by atomic mass is 16.5. The Balaban J connectivity index is 1.65. The Morgan fingerprint density at radius 1 is 1.00 bits per heavy atom. The number of benzene rings is 2. The molecule has 0 aliphatic carbocycles. The minimum absolute atomic E-state index is 0.0719. The molecule has 0 bridgehead atoms. The van der Waals surface area contributed by atoms with Crippen molar-refractivity contribution >= 4 is 5.52 Å². The number of methoxy groups -OCH3 is 2. The number of fused-ring (bicyclic) bond motifs is 1. The van der Waals surface area contributed by atoms with Crippen molar-refractivity contribution in [3.63, 3.8) is 0 Å². The number of aliphatic hydroxyl groups is 1. The molecule has 2 aromatic heterocycles. The summed E-state index contributed by atoms with van der Waals surface area (Å²) in [6.45, 7) is 4.37. The molecule has 1 N–H and O–H groups in total. The third kappa shape index (κ3) is 4.11. The highest BCUT2D eigenvalue weighted by molar-refractivity contribution is 5.65. The normalized spacial score (nSPS) is 12.3. The zero-order valence-electron chi connectivity index (χ0n) is 18.6. The van der Waals surface area contributed by atoms with Crippen LogP contribution in [-0.4, -0.2) is 33.5 Å². The van der Waals surface area contributed by atoms with Crippen LogP contribution in [-0.2, 0) is 6.54 Å². The molecule has 0 amide bonds. The SMILES string of the molecule is COc1ccc(OC)c(C(O)Cn2ccn3nc(-c4ccc(C(C)C)cc4)cc3c2=O)c1. The van der Waals surface area contributed by atoms with E-state index in [-0.39, 0.29) is 12.1 Å². The first-order valence-corrected chi connectivity index (χ1v) is 10.5. The van der Waals surface area contributed by atoms with Gasteiger partial charge in [0.1, 0.15) is 23.1 Å². The fraction of sp³-hybridized carbons (Fsp3) is 0.280. The van der Waals surface area contributed by atoms with Crippen LogP contribution >= 0.6 is 0 Å². The monoisotopic (exact) mass is 433 g/mol. The highest BCUT2D eigenvalue weighted by Crippen LogP contribution is 2.30. The lowest BCUT2D eigenvalue weighted by Crippen LogP contribution is -2.24. The Morgan fingerprint density at radius 3 is 2.41 bits per heavy atom. The molecular formula is C25H27N3O4. The van der Waals surface area contributed by atoms with E-state index in [2.05, 4.69) is 31.1 Å². The first-order valence-electron chi connectivity index (χ1n) is 10.5. The van der Waals surface area contributed by atoms with E-state index in [1.165, 1.54) is 17.2 Å². The van der Waals surface area contributed by atoms with Gasteiger partial charge in [0.2, 0.25) is 0 Å². The Hall–Kier alpha value is -3.58. The molecule has 32 heavy (non-hydrogen) atoms. The van der Waals surface area contributed by atoms with Gasteiger partial charge in [-0.15, -0.1) is 0 Å². The number of aromatic nitrogens is 3. The lowest BCUT2D eigenvalue weighted by atomic mass is 10.0. The molecule has 0 spiro atoms. The molecule has 0 aliphatic heterocycles. The standard InChI is InChI=1S/C25H27N3O4/c1-16(2)17-5-7-18(8-6-17)21-14-22-25(30)27(11-12-28(22)26-21)15-23(29)20-13-19(31-3)9-10-24(20)32-4/h5-14,16,23,29H,15H2,1-4H3. The number of aliphatic hydroxyl groups excluding tert-OH is 1. The largest absolute Gasteiger partial charge is 0.497 e. The Bertz CT molecular complexity index is 1290. The van der Waals surface area contributed by atoms with Gasteiger partial charge < -0.3 is 19.1 Å². The molecule has 0 fully saturated rings. The van der Waals surface area contributed by atoms with Crippen molar-refractivity contribution in [3.8, 4) is 22.8 Å². The quantitative estimate of drug-likeness (QED) is 0.476. The van der Waals surface area contributed by atoms with Gasteiger partial charge in [-0.1, -0.05) is 38.1 Å². The van der Waals surface area contributed by atoms with E-state index < -0.39 is 6.10 Å². The van der Waals surface area contributed by atoms with Gasteiger partial charge in [-0.05, 0) is 35.7 Å². The lowest BCUT2D eigenvalue weighted by molar-refractivity contribution is 0.151. The molecule has 2 heterocycles. The summed E-state index contributed by atoms with van der Waals surface area (Å²) in [7, 11) is 3.10. The topological polar surface area (TPSA) is 78.0 Å². The second kappa shape index (κ2) is 8.88. The van der Waals surface area contributed by atoms with Gasteiger partial charge in [-0.3, -0.25) is 4.79 Å². The number of hydrogen-bond donors (Lipinski definition) is 1. The van der Waals surface area contributed by atoms with E-state index in [0.717, 1.165) is 11.3 Å². The molecule has 4 rings (SSSR count). The van der Waals surface area contributed by atoms with Crippen LogP contribution in [0.4, 0.5) is 0 Å². The zero-order chi connectivity index (χ0) is 22.8. The lowest BCUT2D eigenvalue weighted by Gasteiger charge is -2.17. The molecule has 1 unspecified atom stereocenters. The van der Waals surface area contributed by atoms with Crippen LogP contribution in [0.15, 0.2) is 65.7 Å². The summed E-state index contributed by atoms with van der Waals surface area (Å²) in [6, 6.07) is 15.2. The molecule has 7 heteroatoms. The van der Waals surface area contributed by atoms with Gasteiger partial charge in [0.15, 0.2) is 0 Å². The van der Waals surface area contributed by atoms with Gasteiger partial charge in [0.05, 0.1) is 26.5 Å². The number of nitrogens with zero attached hydrogens (tertiary/aromatic N) is 3. The third-order valence-electron chi connectivity index (χ3n) is 5.64. The van der Waals surface area contributed by atoms with Gasteiger partial charge in [-0.2, -0.15) is 5.10 Å². The predicted octanol–water partition coefficient (Wildman–Crippen LogP) is 4.04.